The maximum atomic E-state index is 15.4. The van der Waals surface area contributed by atoms with Crippen LogP contribution < -0.4 is 21.3 Å². The van der Waals surface area contributed by atoms with E-state index in [1.165, 1.54) is 36.1 Å². The lowest BCUT2D eigenvalue weighted by atomic mass is 10.1. The van der Waals surface area contributed by atoms with Crippen molar-refractivity contribution in [3.63, 3.8) is 0 Å². The van der Waals surface area contributed by atoms with Gasteiger partial charge < -0.3 is 10.1 Å². The van der Waals surface area contributed by atoms with E-state index >= 15 is 4.39 Å². The van der Waals surface area contributed by atoms with E-state index in [1.54, 1.807) is 24.3 Å². The van der Waals surface area contributed by atoms with Gasteiger partial charge in [0.25, 0.3) is 5.56 Å². The molecule has 216 valence electrons. The van der Waals surface area contributed by atoms with Gasteiger partial charge in [-0.05, 0) is 30.7 Å². The molecule has 2 N–H and O–H groups in total. The molecule has 0 bridgehead atoms. The lowest BCUT2D eigenvalue weighted by molar-refractivity contribution is 0.387. The molecule has 0 aliphatic carbocycles. The number of aryl methyl sites for hydroxylation is 1. The summed E-state index contributed by atoms with van der Waals surface area (Å²) in [7, 11) is 1.33. The number of aromatic amines is 1. The van der Waals surface area contributed by atoms with Gasteiger partial charge in [0.05, 0.1) is 31.8 Å². The van der Waals surface area contributed by atoms with Gasteiger partial charge >= 0.3 is 5.69 Å². The van der Waals surface area contributed by atoms with Gasteiger partial charge in [0.1, 0.15) is 5.82 Å². The molecular formula is C30H29F2N7O3. The summed E-state index contributed by atoms with van der Waals surface area (Å²) in [4.78, 5) is 27.7. The molecule has 0 fully saturated rings. The lowest BCUT2D eigenvalue weighted by Gasteiger charge is -2.22. The van der Waals surface area contributed by atoms with E-state index in [-0.39, 0.29) is 35.5 Å². The Morgan fingerprint density at radius 2 is 1.76 bits per heavy atom. The predicted molar refractivity (Wildman–Crippen MR) is 152 cm³/mol. The number of nitrogens with one attached hydrogen (secondary N) is 2. The van der Waals surface area contributed by atoms with Crippen LogP contribution >= 0.6 is 0 Å². The fourth-order valence-corrected chi connectivity index (χ4v) is 4.77. The molecule has 42 heavy (non-hydrogen) atoms. The number of benzene rings is 3. The maximum absolute atomic E-state index is 15.4. The van der Waals surface area contributed by atoms with Gasteiger partial charge in [-0.1, -0.05) is 65.9 Å². The largest absolute Gasteiger partial charge is 0.494 e. The molecule has 0 amide bonds. The summed E-state index contributed by atoms with van der Waals surface area (Å²) in [5.74, 6) is -0.704. The predicted octanol–water partition coefficient (Wildman–Crippen LogP) is 3.49. The number of H-pyrrole nitrogens is 1. The Bertz CT molecular complexity index is 1760. The molecule has 0 spiro atoms. The summed E-state index contributed by atoms with van der Waals surface area (Å²) in [6, 6.07) is 19.4. The highest BCUT2D eigenvalue weighted by Gasteiger charge is 2.21. The molecule has 0 saturated carbocycles. The third-order valence-electron chi connectivity index (χ3n) is 6.93. The molecule has 3 aromatic carbocycles. The zero-order chi connectivity index (χ0) is 29.5. The molecule has 0 aliphatic heterocycles. The van der Waals surface area contributed by atoms with Crippen molar-refractivity contribution in [1.29, 1.82) is 0 Å². The minimum atomic E-state index is -0.737. The highest BCUT2D eigenvalue weighted by Crippen LogP contribution is 2.27. The van der Waals surface area contributed by atoms with E-state index in [1.807, 2.05) is 30.3 Å². The fraction of sp³-hybridized carbons (Fsp3) is 0.233. The summed E-state index contributed by atoms with van der Waals surface area (Å²) in [5.41, 5.74) is -0.301. The minimum Gasteiger partial charge on any atom is -0.494 e. The van der Waals surface area contributed by atoms with E-state index in [9.17, 15) is 14.0 Å². The van der Waals surface area contributed by atoms with Crippen LogP contribution in [-0.2, 0) is 19.5 Å². The van der Waals surface area contributed by atoms with Crippen LogP contribution in [0, 0.1) is 11.6 Å². The molecule has 12 heteroatoms. The summed E-state index contributed by atoms with van der Waals surface area (Å²) in [5, 5.41) is 17.3. The Kier molecular flexibility index (Phi) is 8.93. The van der Waals surface area contributed by atoms with Crippen LogP contribution in [0.5, 0.6) is 5.75 Å². The number of tetrazole rings is 1. The normalized spacial score (nSPS) is 11.9. The molecule has 10 nitrogen and oxygen atoms in total. The number of aromatic nitrogens is 6. The minimum absolute atomic E-state index is 0.0280. The van der Waals surface area contributed by atoms with Crippen molar-refractivity contribution in [2.75, 3.05) is 13.7 Å². The average Bonchev–Trinajstić information content (AvgIpc) is 3.53. The number of methoxy groups -OCH3 is 1. The highest BCUT2D eigenvalue weighted by atomic mass is 19.1. The maximum Gasteiger partial charge on any atom is 0.331 e. The zero-order valence-electron chi connectivity index (χ0n) is 22.8. The van der Waals surface area contributed by atoms with Crippen molar-refractivity contribution < 1.29 is 13.5 Å². The van der Waals surface area contributed by atoms with E-state index in [4.69, 9.17) is 4.74 Å². The second-order valence-corrected chi connectivity index (χ2v) is 9.63. The molecule has 0 radical (unpaired) electrons. The third-order valence-corrected chi connectivity index (χ3v) is 6.93. The van der Waals surface area contributed by atoms with Crippen molar-refractivity contribution in [3.8, 4) is 16.9 Å². The molecule has 2 heterocycles. The standard InChI is InChI=1S/C30H29F2N7O3/c1-42-26-14-7-12-22(28(26)32)23-18-38(17-21-11-5-6-13-24(21)31)30(41)39(29(23)40)19-25(20-9-3-2-4-10-20)33-16-8-15-27-34-36-37-35-27/h2-7,9-14,18,25,33H,8,15-17,19H2,1H3,(H,34,35,36,37)/t25-/m0/s1. The smallest absolute Gasteiger partial charge is 0.331 e. The second-order valence-electron chi connectivity index (χ2n) is 9.63. The lowest BCUT2D eigenvalue weighted by Crippen LogP contribution is -2.43. The quantitative estimate of drug-likeness (QED) is 0.219. The first kappa shape index (κ1) is 28.6. The van der Waals surface area contributed by atoms with Crippen molar-refractivity contribution in [2.45, 2.75) is 32.0 Å². The van der Waals surface area contributed by atoms with Crippen LogP contribution in [0.4, 0.5) is 8.78 Å². The Hall–Kier alpha value is -4.97. The van der Waals surface area contributed by atoms with Gasteiger partial charge in [-0.25, -0.2) is 13.6 Å². The number of nitrogens with zero attached hydrogens (tertiary/aromatic N) is 5. The van der Waals surface area contributed by atoms with Crippen molar-refractivity contribution in [2.24, 2.45) is 0 Å². The molecule has 2 aromatic heterocycles. The summed E-state index contributed by atoms with van der Waals surface area (Å²) in [6.07, 6.45) is 2.52. The van der Waals surface area contributed by atoms with Gasteiger partial charge in [-0.3, -0.25) is 13.9 Å². The van der Waals surface area contributed by atoms with Gasteiger partial charge in [0.15, 0.2) is 17.4 Å². The van der Waals surface area contributed by atoms with Gasteiger partial charge in [0.2, 0.25) is 0 Å². The van der Waals surface area contributed by atoms with Gasteiger partial charge in [-0.2, -0.15) is 5.21 Å². The van der Waals surface area contributed by atoms with Crippen LogP contribution in [0.3, 0.4) is 0 Å². The second kappa shape index (κ2) is 13.1. The van der Waals surface area contributed by atoms with E-state index in [2.05, 4.69) is 25.9 Å². The first-order valence-electron chi connectivity index (χ1n) is 13.4. The monoisotopic (exact) mass is 573 g/mol. The summed E-state index contributed by atoms with van der Waals surface area (Å²) in [6.45, 7) is 0.315. The summed E-state index contributed by atoms with van der Waals surface area (Å²) < 4.78 is 37.4. The van der Waals surface area contributed by atoms with Crippen LogP contribution in [0.25, 0.3) is 11.1 Å². The van der Waals surface area contributed by atoms with Gasteiger partial charge in [0, 0.05) is 23.7 Å². The molecular weight excluding hydrogens is 544 g/mol. The van der Waals surface area contributed by atoms with E-state index in [0.29, 0.717) is 25.2 Å². The van der Waals surface area contributed by atoms with Crippen molar-refractivity contribution >= 4 is 0 Å². The van der Waals surface area contributed by atoms with Crippen LogP contribution in [0.1, 0.15) is 29.4 Å². The van der Waals surface area contributed by atoms with Crippen molar-refractivity contribution in [3.05, 3.63) is 128 Å². The first-order valence-corrected chi connectivity index (χ1v) is 13.4. The molecule has 1 atom stereocenters. The number of rotatable bonds is 12. The molecule has 0 unspecified atom stereocenters. The number of hydrogen-bond acceptors (Lipinski definition) is 7. The van der Waals surface area contributed by atoms with E-state index < -0.39 is 28.9 Å². The molecule has 5 rings (SSSR count). The number of ether oxygens (including phenoxy) is 1. The topological polar surface area (TPSA) is 120 Å². The SMILES string of the molecule is COc1cccc(-c2cn(Cc3ccccc3F)c(=O)n(C[C@H](NCCCc3nn[nH]n3)c3ccccc3)c2=O)c1F. The van der Waals surface area contributed by atoms with Crippen LogP contribution in [0.15, 0.2) is 88.6 Å². The number of hydrogen-bond donors (Lipinski definition) is 2. The Labute approximate surface area is 239 Å². The molecule has 0 aliphatic rings. The molecule has 5 aromatic rings. The van der Waals surface area contributed by atoms with Crippen LogP contribution in [-0.4, -0.2) is 43.4 Å². The first-order chi connectivity index (χ1) is 20.5. The van der Waals surface area contributed by atoms with Crippen molar-refractivity contribution in [1.82, 2.24) is 35.1 Å². The summed E-state index contributed by atoms with van der Waals surface area (Å²) >= 11 is 0. The Morgan fingerprint density at radius 3 is 2.50 bits per heavy atom. The highest BCUT2D eigenvalue weighted by molar-refractivity contribution is 5.64. The van der Waals surface area contributed by atoms with Crippen LogP contribution in [0.2, 0.25) is 0 Å². The fourth-order valence-electron chi connectivity index (χ4n) is 4.77. The Morgan fingerprint density at radius 1 is 0.976 bits per heavy atom. The van der Waals surface area contributed by atoms with Gasteiger partial charge in [-0.15, -0.1) is 10.2 Å². The molecule has 0 saturated heterocycles. The Balaban J connectivity index is 1.56. The number of halogens is 2. The third kappa shape index (κ3) is 6.33. The zero-order valence-corrected chi connectivity index (χ0v) is 22.8. The van der Waals surface area contributed by atoms with E-state index in [0.717, 1.165) is 10.1 Å². The average molecular weight is 574 g/mol.